The highest BCUT2D eigenvalue weighted by Gasteiger charge is 2.07. The van der Waals surface area contributed by atoms with Crippen molar-refractivity contribution in [3.8, 4) is 5.75 Å². The molecular formula is C13H17N3O2. The molecular weight excluding hydrogens is 230 g/mol. The summed E-state index contributed by atoms with van der Waals surface area (Å²) in [7, 11) is 1.92. The first kappa shape index (κ1) is 12.6. The number of rotatable bonds is 6. The second kappa shape index (κ2) is 6.16. The Morgan fingerprint density at radius 2 is 2.28 bits per heavy atom. The van der Waals surface area contributed by atoms with Crippen molar-refractivity contribution in [2.75, 3.05) is 13.6 Å². The van der Waals surface area contributed by atoms with E-state index < -0.39 is 0 Å². The van der Waals surface area contributed by atoms with Gasteiger partial charge in [-0.2, -0.15) is 4.98 Å². The molecule has 0 aliphatic rings. The zero-order valence-electron chi connectivity index (χ0n) is 10.4. The number of aromatic nitrogens is 2. The van der Waals surface area contributed by atoms with Crippen molar-refractivity contribution in [3.63, 3.8) is 0 Å². The lowest BCUT2D eigenvalue weighted by atomic mass is 10.1. The molecule has 0 aliphatic carbocycles. The van der Waals surface area contributed by atoms with Gasteiger partial charge in [0.25, 0.3) is 0 Å². The maximum absolute atomic E-state index is 9.37. The summed E-state index contributed by atoms with van der Waals surface area (Å²) in [5, 5.41) is 16.4. The predicted molar refractivity (Wildman–Crippen MR) is 67.5 cm³/mol. The van der Waals surface area contributed by atoms with Gasteiger partial charge in [-0.1, -0.05) is 17.3 Å². The van der Waals surface area contributed by atoms with E-state index in [2.05, 4.69) is 15.5 Å². The van der Waals surface area contributed by atoms with Crippen LogP contribution in [0, 0.1) is 0 Å². The van der Waals surface area contributed by atoms with Crippen LogP contribution in [-0.2, 0) is 12.8 Å². The van der Waals surface area contributed by atoms with Gasteiger partial charge in [-0.15, -0.1) is 0 Å². The second-order valence-corrected chi connectivity index (χ2v) is 4.16. The van der Waals surface area contributed by atoms with Crippen LogP contribution in [0.4, 0.5) is 0 Å². The van der Waals surface area contributed by atoms with E-state index in [1.54, 1.807) is 18.2 Å². The molecule has 0 radical (unpaired) electrons. The quantitative estimate of drug-likeness (QED) is 0.757. The summed E-state index contributed by atoms with van der Waals surface area (Å²) in [6, 6.07) is 7.08. The topological polar surface area (TPSA) is 71.2 Å². The molecule has 0 spiro atoms. The Morgan fingerprint density at radius 3 is 3.06 bits per heavy atom. The van der Waals surface area contributed by atoms with Gasteiger partial charge in [-0.3, -0.25) is 0 Å². The van der Waals surface area contributed by atoms with Gasteiger partial charge in [0.2, 0.25) is 5.89 Å². The number of nitrogens with zero attached hydrogens (tertiary/aromatic N) is 2. The highest BCUT2D eigenvalue weighted by Crippen LogP contribution is 2.13. The fourth-order valence-electron chi connectivity index (χ4n) is 1.73. The Balaban J connectivity index is 1.94. The lowest BCUT2D eigenvalue weighted by Gasteiger charge is -1.97. The molecule has 0 saturated heterocycles. The highest BCUT2D eigenvalue weighted by atomic mass is 16.5. The third kappa shape index (κ3) is 3.56. The lowest BCUT2D eigenvalue weighted by molar-refractivity contribution is 0.370. The summed E-state index contributed by atoms with van der Waals surface area (Å²) < 4.78 is 5.16. The van der Waals surface area contributed by atoms with Crippen LogP contribution in [-0.4, -0.2) is 28.8 Å². The second-order valence-electron chi connectivity index (χ2n) is 4.16. The number of hydrogen-bond acceptors (Lipinski definition) is 5. The van der Waals surface area contributed by atoms with Gasteiger partial charge in [0.05, 0.1) is 0 Å². The monoisotopic (exact) mass is 247 g/mol. The van der Waals surface area contributed by atoms with Crippen molar-refractivity contribution < 1.29 is 9.63 Å². The van der Waals surface area contributed by atoms with E-state index in [9.17, 15) is 5.11 Å². The van der Waals surface area contributed by atoms with Crippen LogP contribution in [0.1, 0.15) is 23.7 Å². The van der Waals surface area contributed by atoms with Gasteiger partial charge in [0, 0.05) is 12.8 Å². The summed E-state index contributed by atoms with van der Waals surface area (Å²) in [6.07, 6.45) is 2.34. The molecule has 0 aliphatic heterocycles. The number of phenols is 1. The molecule has 2 rings (SSSR count). The van der Waals surface area contributed by atoms with Crippen LogP contribution in [0.15, 0.2) is 28.8 Å². The fraction of sp³-hybridized carbons (Fsp3) is 0.385. The van der Waals surface area contributed by atoms with Crippen molar-refractivity contribution in [2.45, 2.75) is 19.3 Å². The molecule has 5 nitrogen and oxygen atoms in total. The summed E-state index contributed by atoms with van der Waals surface area (Å²) in [5.41, 5.74) is 0.970. The Morgan fingerprint density at radius 1 is 1.39 bits per heavy atom. The molecule has 96 valence electrons. The largest absolute Gasteiger partial charge is 0.508 e. The maximum Gasteiger partial charge on any atom is 0.226 e. The number of benzene rings is 1. The third-order valence-electron chi connectivity index (χ3n) is 2.60. The van der Waals surface area contributed by atoms with E-state index >= 15 is 0 Å². The minimum atomic E-state index is 0.255. The normalized spacial score (nSPS) is 10.7. The highest BCUT2D eigenvalue weighted by molar-refractivity contribution is 5.28. The van der Waals surface area contributed by atoms with E-state index in [0.29, 0.717) is 18.1 Å². The Bertz CT molecular complexity index is 496. The molecule has 0 unspecified atom stereocenters. The van der Waals surface area contributed by atoms with Crippen molar-refractivity contribution >= 4 is 0 Å². The van der Waals surface area contributed by atoms with Gasteiger partial charge >= 0.3 is 0 Å². The van der Waals surface area contributed by atoms with Crippen LogP contribution in [0.2, 0.25) is 0 Å². The predicted octanol–water partition coefficient (Wildman–Crippen LogP) is 1.52. The molecule has 0 amide bonds. The van der Waals surface area contributed by atoms with Gasteiger partial charge in [-0.25, -0.2) is 0 Å². The average Bonchev–Trinajstić information content (AvgIpc) is 2.77. The summed E-state index contributed by atoms with van der Waals surface area (Å²) in [6.45, 7) is 0.935. The number of aryl methyl sites for hydroxylation is 1. The van der Waals surface area contributed by atoms with Crippen LogP contribution < -0.4 is 5.32 Å². The van der Waals surface area contributed by atoms with Crippen LogP contribution in [0.25, 0.3) is 0 Å². The van der Waals surface area contributed by atoms with E-state index in [4.69, 9.17) is 4.52 Å². The summed E-state index contributed by atoms with van der Waals surface area (Å²) in [4.78, 5) is 4.32. The molecule has 1 aromatic heterocycles. The van der Waals surface area contributed by atoms with Crippen LogP contribution in [0.3, 0.4) is 0 Å². The first-order chi connectivity index (χ1) is 8.78. The summed E-state index contributed by atoms with van der Waals surface area (Å²) in [5.74, 6) is 1.57. The molecule has 5 heteroatoms. The molecule has 18 heavy (non-hydrogen) atoms. The first-order valence-electron chi connectivity index (χ1n) is 6.02. The average molecular weight is 247 g/mol. The Kier molecular flexibility index (Phi) is 4.30. The van der Waals surface area contributed by atoms with Crippen molar-refractivity contribution in [1.29, 1.82) is 0 Å². The van der Waals surface area contributed by atoms with E-state index in [-0.39, 0.29) is 5.75 Å². The van der Waals surface area contributed by atoms with E-state index in [1.807, 2.05) is 13.1 Å². The first-order valence-corrected chi connectivity index (χ1v) is 6.02. The van der Waals surface area contributed by atoms with Crippen LogP contribution >= 0.6 is 0 Å². The van der Waals surface area contributed by atoms with Gasteiger partial charge < -0.3 is 14.9 Å². The maximum atomic E-state index is 9.37. The Hall–Kier alpha value is -1.88. The zero-order chi connectivity index (χ0) is 12.8. The lowest BCUT2D eigenvalue weighted by Crippen LogP contribution is -2.08. The minimum absolute atomic E-state index is 0.255. The van der Waals surface area contributed by atoms with Gasteiger partial charge in [0.15, 0.2) is 5.82 Å². The Labute approximate surface area is 106 Å². The zero-order valence-corrected chi connectivity index (χ0v) is 10.4. The number of phenolic OH excluding ortho intramolecular Hbond substituents is 1. The number of hydrogen-bond donors (Lipinski definition) is 2. The van der Waals surface area contributed by atoms with E-state index in [0.717, 1.165) is 24.9 Å². The standard InChI is InChI=1S/C13H17N3O2/c1-14-7-3-6-13-15-12(16-18-13)9-10-4-2-5-11(17)8-10/h2,4-5,8,14,17H,3,6-7,9H2,1H3. The molecule has 2 N–H and O–H groups in total. The molecule has 0 bridgehead atoms. The van der Waals surface area contributed by atoms with Gasteiger partial charge in [0.1, 0.15) is 5.75 Å². The number of nitrogens with one attached hydrogen (secondary N) is 1. The van der Waals surface area contributed by atoms with Crippen molar-refractivity contribution in [3.05, 3.63) is 41.5 Å². The smallest absolute Gasteiger partial charge is 0.226 e. The minimum Gasteiger partial charge on any atom is -0.508 e. The van der Waals surface area contributed by atoms with Crippen molar-refractivity contribution in [2.24, 2.45) is 0 Å². The fourth-order valence-corrected chi connectivity index (χ4v) is 1.73. The molecule has 1 aromatic carbocycles. The molecule has 0 fully saturated rings. The third-order valence-corrected chi connectivity index (χ3v) is 2.60. The molecule has 0 atom stereocenters. The summed E-state index contributed by atoms with van der Waals surface area (Å²) >= 11 is 0. The molecule has 1 heterocycles. The van der Waals surface area contributed by atoms with Gasteiger partial charge in [-0.05, 0) is 37.7 Å². The molecule has 0 saturated carbocycles. The molecule has 2 aromatic rings. The SMILES string of the molecule is CNCCCc1nc(Cc2cccc(O)c2)no1. The van der Waals surface area contributed by atoms with Crippen molar-refractivity contribution in [1.82, 2.24) is 15.5 Å². The number of aromatic hydroxyl groups is 1. The van der Waals surface area contributed by atoms with Crippen LogP contribution in [0.5, 0.6) is 5.75 Å². The van der Waals surface area contributed by atoms with E-state index in [1.165, 1.54) is 0 Å².